The van der Waals surface area contributed by atoms with E-state index in [1.54, 1.807) is 0 Å². The van der Waals surface area contributed by atoms with Crippen LogP contribution in [0.15, 0.2) is 47.2 Å². The smallest absolute Gasteiger partial charge is 0.225 e. The lowest BCUT2D eigenvalue weighted by Crippen LogP contribution is -2.31. The van der Waals surface area contributed by atoms with Crippen molar-refractivity contribution in [3.8, 4) is 0 Å². The normalized spacial score (nSPS) is 16.7. The third-order valence-corrected chi connectivity index (χ3v) is 4.14. The van der Waals surface area contributed by atoms with Gasteiger partial charge in [0, 0.05) is 45.1 Å². The zero-order valence-corrected chi connectivity index (χ0v) is 13.5. The summed E-state index contributed by atoms with van der Waals surface area (Å²) < 4.78 is 0.923. The Kier molecular flexibility index (Phi) is 4.83. The maximum Gasteiger partial charge on any atom is 0.225 e. The van der Waals surface area contributed by atoms with E-state index in [1.807, 2.05) is 12.4 Å². The summed E-state index contributed by atoms with van der Waals surface area (Å²) in [6.45, 7) is 5.20. The molecule has 5 heteroatoms. The minimum absolute atomic E-state index is 0.833. The average molecular weight is 347 g/mol. The molecular weight excluding hydrogens is 328 g/mol. The summed E-state index contributed by atoms with van der Waals surface area (Å²) >= 11 is 3.38. The molecule has 21 heavy (non-hydrogen) atoms. The first-order valence-electron chi connectivity index (χ1n) is 7.30. The number of aromatic nitrogens is 2. The van der Waals surface area contributed by atoms with E-state index in [1.165, 1.54) is 5.56 Å². The summed E-state index contributed by atoms with van der Waals surface area (Å²) in [5.41, 5.74) is 1.38. The summed E-state index contributed by atoms with van der Waals surface area (Å²) in [7, 11) is 0. The number of rotatable bonds is 3. The molecule has 0 saturated carbocycles. The molecular formula is C16H19BrN4. The van der Waals surface area contributed by atoms with Gasteiger partial charge < -0.3 is 4.90 Å². The predicted octanol–water partition coefficient (Wildman–Crippen LogP) is 2.95. The van der Waals surface area contributed by atoms with Gasteiger partial charge in [0.05, 0.1) is 4.47 Å². The van der Waals surface area contributed by atoms with E-state index in [9.17, 15) is 0 Å². The van der Waals surface area contributed by atoms with Crippen LogP contribution in [0.5, 0.6) is 0 Å². The van der Waals surface area contributed by atoms with E-state index < -0.39 is 0 Å². The molecule has 0 amide bonds. The first kappa shape index (κ1) is 14.5. The Bertz CT molecular complexity index is 558. The van der Waals surface area contributed by atoms with Gasteiger partial charge in [0.25, 0.3) is 0 Å². The van der Waals surface area contributed by atoms with Crippen molar-refractivity contribution in [2.24, 2.45) is 0 Å². The van der Waals surface area contributed by atoms with Gasteiger partial charge in [-0.25, -0.2) is 9.97 Å². The Balaban J connectivity index is 1.60. The lowest BCUT2D eigenvalue weighted by atomic mass is 10.2. The first-order valence-corrected chi connectivity index (χ1v) is 8.09. The largest absolute Gasteiger partial charge is 0.339 e. The number of hydrogen-bond donors (Lipinski definition) is 0. The van der Waals surface area contributed by atoms with Crippen LogP contribution in [0.4, 0.5) is 5.95 Å². The summed E-state index contributed by atoms with van der Waals surface area (Å²) in [6.07, 6.45) is 4.77. The maximum absolute atomic E-state index is 4.40. The lowest BCUT2D eigenvalue weighted by Gasteiger charge is -2.21. The van der Waals surface area contributed by atoms with E-state index in [4.69, 9.17) is 0 Å². The highest BCUT2D eigenvalue weighted by molar-refractivity contribution is 9.10. The summed E-state index contributed by atoms with van der Waals surface area (Å²) in [5, 5.41) is 0. The molecule has 0 radical (unpaired) electrons. The van der Waals surface area contributed by atoms with Crippen molar-refractivity contribution in [3.05, 3.63) is 52.8 Å². The van der Waals surface area contributed by atoms with Gasteiger partial charge in [0.1, 0.15) is 0 Å². The fourth-order valence-electron chi connectivity index (χ4n) is 2.64. The Morgan fingerprint density at radius 3 is 2.48 bits per heavy atom. The number of hydrogen-bond acceptors (Lipinski definition) is 4. The van der Waals surface area contributed by atoms with E-state index in [0.29, 0.717) is 0 Å². The molecule has 3 rings (SSSR count). The number of nitrogens with zero attached hydrogens (tertiary/aromatic N) is 4. The molecule has 2 aromatic rings. The zero-order chi connectivity index (χ0) is 14.5. The number of benzene rings is 1. The standard InChI is InChI=1S/C16H19BrN4/c17-15-11-18-16(19-12-15)21-8-4-7-20(9-10-21)13-14-5-2-1-3-6-14/h1-3,5-6,11-12H,4,7-10,13H2. The highest BCUT2D eigenvalue weighted by Gasteiger charge is 2.16. The molecule has 1 fully saturated rings. The minimum Gasteiger partial charge on any atom is -0.339 e. The summed E-state index contributed by atoms with van der Waals surface area (Å²) in [5.74, 6) is 0.833. The van der Waals surface area contributed by atoms with Gasteiger partial charge in [0.2, 0.25) is 5.95 Å². The van der Waals surface area contributed by atoms with Gasteiger partial charge in [-0.2, -0.15) is 0 Å². The fraction of sp³-hybridized carbons (Fsp3) is 0.375. The highest BCUT2D eigenvalue weighted by atomic mass is 79.9. The molecule has 1 aromatic heterocycles. The van der Waals surface area contributed by atoms with Crippen molar-refractivity contribution in [2.75, 3.05) is 31.1 Å². The second-order valence-electron chi connectivity index (χ2n) is 5.30. The van der Waals surface area contributed by atoms with Crippen LogP contribution >= 0.6 is 15.9 Å². The molecule has 2 heterocycles. The van der Waals surface area contributed by atoms with Crippen LogP contribution in [-0.4, -0.2) is 41.0 Å². The topological polar surface area (TPSA) is 32.3 Å². The van der Waals surface area contributed by atoms with Gasteiger partial charge in [-0.15, -0.1) is 0 Å². The Labute approximate surface area is 133 Å². The molecule has 1 aliphatic rings. The van der Waals surface area contributed by atoms with Crippen molar-refractivity contribution in [1.82, 2.24) is 14.9 Å². The van der Waals surface area contributed by atoms with Crippen LogP contribution < -0.4 is 4.90 Å². The van der Waals surface area contributed by atoms with Crippen LogP contribution in [0.2, 0.25) is 0 Å². The number of halogens is 1. The highest BCUT2D eigenvalue weighted by Crippen LogP contribution is 2.14. The van der Waals surface area contributed by atoms with Crippen molar-refractivity contribution in [2.45, 2.75) is 13.0 Å². The molecule has 0 atom stereocenters. The molecule has 0 spiro atoms. The summed E-state index contributed by atoms with van der Waals surface area (Å²) in [4.78, 5) is 13.6. The SMILES string of the molecule is Brc1cnc(N2CCCN(Cc3ccccc3)CC2)nc1. The summed E-state index contributed by atoms with van der Waals surface area (Å²) in [6, 6.07) is 10.7. The van der Waals surface area contributed by atoms with Crippen molar-refractivity contribution in [3.63, 3.8) is 0 Å². The van der Waals surface area contributed by atoms with E-state index in [0.717, 1.165) is 49.6 Å². The van der Waals surface area contributed by atoms with E-state index in [2.05, 4.69) is 66.0 Å². The van der Waals surface area contributed by atoms with Crippen LogP contribution in [0, 0.1) is 0 Å². The predicted molar refractivity (Wildman–Crippen MR) is 88.3 cm³/mol. The molecule has 1 aromatic carbocycles. The van der Waals surface area contributed by atoms with Gasteiger partial charge >= 0.3 is 0 Å². The Morgan fingerprint density at radius 1 is 0.952 bits per heavy atom. The van der Waals surface area contributed by atoms with Gasteiger partial charge in [-0.1, -0.05) is 30.3 Å². The van der Waals surface area contributed by atoms with Gasteiger partial charge in [-0.3, -0.25) is 4.90 Å². The second kappa shape index (κ2) is 7.00. The van der Waals surface area contributed by atoms with Crippen LogP contribution in [-0.2, 0) is 6.54 Å². The molecule has 0 N–H and O–H groups in total. The van der Waals surface area contributed by atoms with E-state index >= 15 is 0 Å². The minimum atomic E-state index is 0.833. The molecule has 1 saturated heterocycles. The fourth-order valence-corrected chi connectivity index (χ4v) is 2.84. The molecule has 0 aliphatic carbocycles. The molecule has 110 valence electrons. The monoisotopic (exact) mass is 346 g/mol. The van der Waals surface area contributed by atoms with Crippen molar-refractivity contribution in [1.29, 1.82) is 0 Å². The van der Waals surface area contributed by atoms with Gasteiger partial charge in [-0.05, 0) is 27.9 Å². The molecule has 0 bridgehead atoms. The Morgan fingerprint density at radius 2 is 1.71 bits per heavy atom. The van der Waals surface area contributed by atoms with Crippen LogP contribution in [0.3, 0.4) is 0 Å². The van der Waals surface area contributed by atoms with E-state index in [-0.39, 0.29) is 0 Å². The van der Waals surface area contributed by atoms with Crippen LogP contribution in [0.1, 0.15) is 12.0 Å². The first-order chi connectivity index (χ1) is 10.3. The second-order valence-corrected chi connectivity index (χ2v) is 6.22. The maximum atomic E-state index is 4.40. The van der Waals surface area contributed by atoms with Crippen molar-refractivity contribution >= 4 is 21.9 Å². The molecule has 4 nitrogen and oxygen atoms in total. The van der Waals surface area contributed by atoms with Gasteiger partial charge in [0.15, 0.2) is 0 Å². The quantitative estimate of drug-likeness (QED) is 0.855. The molecule has 0 unspecified atom stereocenters. The third-order valence-electron chi connectivity index (χ3n) is 3.73. The average Bonchev–Trinajstić information content (AvgIpc) is 2.75. The zero-order valence-electron chi connectivity index (χ0n) is 12.0. The third kappa shape index (κ3) is 4.02. The Hall–Kier alpha value is -1.46. The van der Waals surface area contributed by atoms with Crippen LogP contribution in [0.25, 0.3) is 0 Å². The molecule has 1 aliphatic heterocycles. The van der Waals surface area contributed by atoms with Crippen molar-refractivity contribution < 1.29 is 0 Å². The number of anilines is 1. The lowest BCUT2D eigenvalue weighted by molar-refractivity contribution is 0.285.